The number of amides is 1. The fourth-order valence-electron chi connectivity index (χ4n) is 1.27. The van der Waals surface area contributed by atoms with Crippen LogP contribution in [0.5, 0.6) is 5.88 Å². The zero-order valence-electron chi connectivity index (χ0n) is 9.30. The Labute approximate surface area is 98.0 Å². The molecular formula is C11H12N4O2. The SMILES string of the molecule is CCOc1ccc(C(=O)Nc2cn[nH]c2)cn1. The first kappa shape index (κ1) is 11.1. The molecule has 0 saturated carbocycles. The average molecular weight is 232 g/mol. The predicted molar refractivity (Wildman–Crippen MR) is 61.9 cm³/mol. The topological polar surface area (TPSA) is 79.9 Å². The highest BCUT2D eigenvalue weighted by molar-refractivity contribution is 6.03. The Kier molecular flexibility index (Phi) is 3.34. The van der Waals surface area contributed by atoms with E-state index in [1.54, 1.807) is 18.3 Å². The number of nitrogens with zero attached hydrogens (tertiary/aromatic N) is 2. The average Bonchev–Trinajstić information content (AvgIpc) is 2.83. The van der Waals surface area contributed by atoms with Crippen LogP contribution in [0, 0.1) is 0 Å². The fourth-order valence-corrected chi connectivity index (χ4v) is 1.27. The van der Waals surface area contributed by atoms with E-state index in [0.717, 1.165) is 0 Å². The molecule has 0 atom stereocenters. The van der Waals surface area contributed by atoms with Crippen LogP contribution in [0.4, 0.5) is 5.69 Å². The second kappa shape index (κ2) is 5.11. The van der Waals surface area contributed by atoms with E-state index in [2.05, 4.69) is 20.5 Å². The summed E-state index contributed by atoms with van der Waals surface area (Å²) in [7, 11) is 0. The smallest absolute Gasteiger partial charge is 0.257 e. The van der Waals surface area contributed by atoms with E-state index in [-0.39, 0.29) is 5.91 Å². The monoisotopic (exact) mass is 232 g/mol. The van der Waals surface area contributed by atoms with Gasteiger partial charge in [0.05, 0.1) is 24.1 Å². The minimum absolute atomic E-state index is 0.234. The number of aromatic amines is 1. The number of ether oxygens (including phenoxy) is 1. The number of carbonyl (C=O) groups is 1. The molecule has 0 unspecified atom stereocenters. The van der Waals surface area contributed by atoms with Crippen molar-refractivity contribution >= 4 is 11.6 Å². The Morgan fingerprint density at radius 2 is 2.35 bits per heavy atom. The van der Waals surface area contributed by atoms with Gasteiger partial charge >= 0.3 is 0 Å². The van der Waals surface area contributed by atoms with Gasteiger partial charge in [0.2, 0.25) is 5.88 Å². The van der Waals surface area contributed by atoms with Gasteiger partial charge in [0.25, 0.3) is 5.91 Å². The molecule has 0 spiro atoms. The molecule has 0 aliphatic heterocycles. The number of anilines is 1. The zero-order chi connectivity index (χ0) is 12.1. The molecule has 0 radical (unpaired) electrons. The third kappa shape index (κ3) is 2.81. The van der Waals surface area contributed by atoms with Crippen LogP contribution in [-0.2, 0) is 0 Å². The summed E-state index contributed by atoms with van der Waals surface area (Å²) in [4.78, 5) is 15.8. The summed E-state index contributed by atoms with van der Waals surface area (Å²) in [5, 5.41) is 9.02. The van der Waals surface area contributed by atoms with Gasteiger partial charge in [-0.25, -0.2) is 4.98 Å². The molecule has 88 valence electrons. The summed E-state index contributed by atoms with van der Waals surface area (Å²) in [6.07, 6.45) is 4.60. The Morgan fingerprint density at radius 1 is 1.47 bits per heavy atom. The van der Waals surface area contributed by atoms with Gasteiger partial charge in [-0.05, 0) is 13.0 Å². The maximum Gasteiger partial charge on any atom is 0.257 e. The van der Waals surface area contributed by atoms with Gasteiger partial charge < -0.3 is 10.1 Å². The summed E-state index contributed by atoms with van der Waals surface area (Å²) in [6, 6.07) is 3.32. The van der Waals surface area contributed by atoms with Crippen molar-refractivity contribution in [2.24, 2.45) is 0 Å². The zero-order valence-corrected chi connectivity index (χ0v) is 9.30. The van der Waals surface area contributed by atoms with Crippen molar-refractivity contribution in [1.82, 2.24) is 15.2 Å². The number of rotatable bonds is 4. The van der Waals surface area contributed by atoms with Gasteiger partial charge in [0.15, 0.2) is 0 Å². The molecule has 0 bridgehead atoms. The van der Waals surface area contributed by atoms with Gasteiger partial charge in [-0.15, -0.1) is 0 Å². The van der Waals surface area contributed by atoms with Crippen molar-refractivity contribution in [2.75, 3.05) is 11.9 Å². The molecule has 0 aliphatic rings. The Bertz CT molecular complexity index is 479. The first-order chi connectivity index (χ1) is 8.29. The quantitative estimate of drug-likeness (QED) is 0.836. The maximum absolute atomic E-state index is 11.7. The third-order valence-electron chi connectivity index (χ3n) is 2.05. The number of carbonyl (C=O) groups excluding carboxylic acids is 1. The van der Waals surface area contributed by atoms with Crippen molar-refractivity contribution in [1.29, 1.82) is 0 Å². The molecule has 2 aromatic rings. The lowest BCUT2D eigenvalue weighted by atomic mass is 10.2. The maximum atomic E-state index is 11.7. The van der Waals surface area contributed by atoms with Crippen LogP contribution in [0.15, 0.2) is 30.7 Å². The van der Waals surface area contributed by atoms with E-state index < -0.39 is 0 Å². The van der Waals surface area contributed by atoms with E-state index in [1.807, 2.05) is 6.92 Å². The van der Waals surface area contributed by atoms with Crippen molar-refractivity contribution < 1.29 is 9.53 Å². The van der Waals surface area contributed by atoms with Crippen molar-refractivity contribution in [2.45, 2.75) is 6.92 Å². The summed E-state index contributed by atoms with van der Waals surface area (Å²) in [5.74, 6) is 0.273. The molecule has 6 nitrogen and oxygen atoms in total. The van der Waals surface area contributed by atoms with Crippen molar-refractivity contribution in [3.63, 3.8) is 0 Å². The van der Waals surface area contributed by atoms with Crippen LogP contribution < -0.4 is 10.1 Å². The minimum Gasteiger partial charge on any atom is -0.478 e. The van der Waals surface area contributed by atoms with E-state index in [1.165, 1.54) is 12.4 Å². The lowest BCUT2D eigenvalue weighted by molar-refractivity contribution is 0.102. The molecule has 0 fully saturated rings. The number of nitrogens with one attached hydrogen (secondary N) is 2. The molecule has 0 aliphatic carbocycles. The molecule has 17 heavy (non-hydrogen) atoms. The second-order valence-electron chi connectivity index (χ2n) is 3.26. The van der Waals surface area contributed by atoms with Gasteiger partial charge in [-0.3, -0.25) is 9.89 Å². The fraction of sp³-hybridized carbons (Fsp3) is 0.182. The highest BCUT2D eigenvalue weighted by atomic mass is 16.5. The van der Waals surface area contributed by atoms with Crippen LogP contribution in [0.3, 0.4) is 0 Å². The third-order valence-corrected chi connectivity index (χ3v) is 2.05. The summed E-state index contributed by atoms with van der Waals surface area (Å²) in [5.41, 5.74) is 1.08. The van der Waals surface area contributed by atoms with E-state index in [4.69, 9.17) is 4.74 Å². The number of aromatic nitrogens is 3. The largest absolute Gasteiger partial charge is 0.478 e. The number of pyridine rings is 1. The van der Waals surface area contributed by atoms with Crippen molar-refractivity contribution in [3.8, 4) is 5.88 Å². The van der Waals surface area contributed by atoms with Crippen LogP contribution >= 0.6 is 0 Å². The second-order valence-corrected chi connectivity index (χ2v) is 3.26. The van der Waals surface area contributed by atoms with Gasteiger partial charge in [0, 0.05) is 18.5 Å². The normalized spacial score (nSPS) is 9.94. The van der Waals surface area contributed by atoms with Gasteiger partial charge in [0.1, 0.15) is 0 Å². The van der Waals surface area contributed by atoms with Crippen LogP contribution in [0.25, 0.3) is 0 Å². The molecule has 2 N–H and O–H groups in total. The molecular weight excluding hydrogens is 220 g/mol. The highest BCUT2D eigenvalue weighted by Crippen LogP contribution is 2.09. The predicted octanol–water partition coefficient (Wildman–Crippen LogP) is 1.46. The van der Waals surface area contributed by atoms with Crippen LogP contribution in [0.2, 0.25) is 0 Å². The standard InChI is InChI=1S/C11H12N4O2/c1-2-17-10-4-3-8(5-12-10)11(16)15-9-6-13-14-7-9/h3-7H,2H2,1H3,(H,13,14)(H,15,16). The first-order valence-electron chi connectivity index (χ1n) is 5.18. The molecule has 1 amide bonds. The van der Waals surface area contributed by atoms with Crippen molar-refractivity contribution in [3.05, 3.63) is 36.3 Å². The molecule has 2 aromatic heterocycles. The Hall–Kier alpha value is -2.37. The molecule has 2 rings (SSSR count). The van der Waals surface area contributed by atoms with Crippen LogP contribution in [-0.4, -0.2) is 27.7 Å². The van der Waals surface area contributed by atoms with E-state index >= 15 is 0 Å². The van der Waals surface area contributed by atoms with Gasteiger partial charge in [-0.2, -0.15) is 5.10 Å². The Morgan fingerprint density at radius 3 is 2.94 bits per heavy atom. The lowest BCUT2D eigenvalue weighted by Gasteiger charge is -2.04. The van der Waals surface area contributed by atoms with E-state index in [9.17, 15) is 4.79 Å². The molecule has 0 saturated heterocycles. The molecule has 6 heteroatoms. The first-order valence-corrected chi connectivity index (χ1v) is 5.18. The summed E-state index contributed by atoms with van der Waals surface area (Å²) < 4.78 is 5.19. The van der Waals surface area contributed by atoms with Gasteiger partial charge in [-0.1, -0.05) is 0 Å². The highest BCUT2D eigenvalue weighted by Gasteiger charge is 2.07. The van der Waals surface area contributed by atoms with Crippen LogP contribution in [0.1, 0.15) is 17.3 Å². The minimum atomic E-state index is -0.234. The molecule has 2 heterocycles. The number of hydrogen-bond acceptors (Lipinski definition) is 4. The van der Waals surface area contributed by atoms with E-state index in [0.29, 0.717) is 23.7 Å². The number of hydrogen-bond donors (Lipinski definition) is 2. The lowest BCUT2D eigenvalue weighted by Crippen LogP contribution is -2.11. The number of H-pyrrole nitrogens is 1. The summed E-state index contributed by atoms with van der Waals surface area (Å²) in [6.45, 7) is 2.43. The Balaban J connectivity index is 2.04. The molecule has 0 aromatic carbocycles. The summed E-state index contributed by atoms with van der Waals surface area (Å²) >= 11 is 0.